The molecule has 0 N–H and O–H groups in total. The maximum Gasteiger partial charge on any atom is 0.331 e. The summed E-state index contributed by atoms with van der Waals surface area (Å²) in [4.78, 5) is 30.7. The molecular formula is C22H26N2O3. The van der Waals surface area contributed by atoms with E-state index in [4.69, 9.17) is 4.74 Å². The Morgan fingerprint density at radius 2 is 1.93 bits per heavy atom. The molecule has 5 heteroatoms. The summed E-state index contributed by atoms with van der Waals surface area (Å²) >= 11 is 0. The fourth-order valence-electron chi connectivity index (χ4n) is 3.62. The molecule has 0 bridgehead atoms. The van der Waals surface area contributed by atoms with E-state index in [1.165, 1.54) is 12.5 Å². The van der Waals surface area contributed by atoms with Gasteiger partial charge in [-0.25, -0.2) is 9.78 Å². The molecule has 0 spiro atoms. The van der Waals surface area contributed by atoms with Gasteiger partial charge >= 0.3 is 5.97 Å². The van der Waals surface area contributed by atoms with Crippen molar-refractivity contribution in [1.82, 2.24) is 9.88 Å². The number of carbonyl (C=O) groups is 2. The lowest BCUT2D eigenvalue weighted by Gasteiger charge is -2.33. The number of hydrogen-bond acceptors (Lipinski definition) is 4. The van der Waals surface area contributed by atoms with Crippen LogP contribution in [0.3, 0.4) is 0 Å². The average molecular weight is 366 g/mol. The summed E-state index contributed by atoms with van der Waals surface area (Å²) in [6.07, 6.45) is 8.58. The van der Waals surface area contributed by atoms with Crippen LogP contribution >= 0.6 is 0 Å². The summed E-state index contributed by atoms with van der Waals surface area (Å²) in [6.45, 7) is 2.41. The van der Waals surface area contributed by atoms with Crippen molar-refractivity contribution in [2.75, 3.05) is 13.2 Å². The molecule has 0 unspecified atom stereocenters. The van der Waals surface area contributed by atoms with Crippen LogP contribution in [0.15, 0.2) is 42.5 Å². The molecule has 1 aliphatic carbocycles. The van der Waals surface area contributed by atoms with Gasteiger partial charge in [-0.2, -0.15) is 0 Å². The van der Waals surface area contributed by atoms with E-state index in [9.17, 15) is 9.59 Å². The summed E-state index contributed by atoms with van der Waals surface area (Å²) in [7, 11) is 0. The van der Waals surface area contributed by atoms with Gasteiger partial charge in [0.05, 0.1) is 11.2 Å². The first kappa shape index (κ1) is 19.1. The number of benzene rings is 1. The van der Waals surface area contributed by atoms with E-state index in [1.54, 1.807) is 6.08 Å². The molecule has 1 heterocycles. The quantitative estimate of drug-likeness (QED) is 0.573. The maximum absolute atomic E-state index is 12.4. The number of carbonyl (C=O) groups excluding carboxylic acids is 2. The van der Waals surface area contributed by atoms with Gasteiger partial charge in [0.1, 0.15) is 0 Å². The first-order valence-corrected chi connectivity index (χ1v) is 9.67. The van der Waals surface area contributed by atoms with Crippen molar-refractivity contribution >= 4 is 28.9 Å². The topological polar surface area (TPSA) is 59.5 Å². The van der Waals surface area contributed by atoms with Gasteiger partial charge in [0.2, 0.25) is 0 Å². The molecule has 1 aromatic carbocycles. The summed E-state index contributed by atoms with van der Waals surface area (Å²) < 4.78 is 5.14. The van der Waals surface area contributed by atoms with E-state index in [1.807, 2.05) is 48.2 Å². The van der Waals surface area contributed by atoms with Crippen LogP contribution in [0.25, 0.3) is 17.0 Å². The fraction of sp³-hybridized carbons (Fsp3) is 0.409. The minimum Gasteiger partial charge on any atom is -0.452 e. The summed E-state index contributed by atoms with van der Waals surface area (Å²) in [5.41, 5.74) is 1.55. The highest BCUT2D eigenvalue weighted by Crippen LogP contribution is 2.22. The van der Waals surface area contributed by atoms with Gasteiger partial charge < -0.3 is 9.64 Å². The Bertz CT molecular complexity index is 825. The Balaban J connectivity index is 1.53. The molecule has 142 valence electrons. The third-order valence-corrected chi connectivity index (χ3v) is 5.02. The largest absolute Gasteiger partial charge is 0.452 e. The van der Waals surface area contributed by atoms with Crippen molar-refractivity contribution in [2.45, 2.75) is 45.1 Å². The number of rotatable bonds is 6. The van der Waals surface area contributed by atoms with Gasteiger partial charge in [-0.3, -0.25) is 4.79 Å². The number of likely N-dealkylation sites (N-methyl/N-ethyl adjacent to an activating group) is 1. The second-order valence-corrected chi connectivity index (χ2v) is 6.84. The normalized spacial score (nSPS) is 15.1. The predicted octanol–water partition coefficient (Wildman–Crippen LogP) is 3.97. The van der Waals surface area contributed by atoms with Crippen LogP contribution in [0.5, 0.6) is 0 Å². The van der Waals surface area contributed by atoms with Gasteiger partial charge in [-0.15, -0.1) is 0 Å². The van der Waals surface area contributed by atoms with Gasteiger partial charge in [0, 0.05) is 24.0 Å². The highest BCUT2D eigenvalue weighted by atomic mass is 16.5. The standard InChI is InChI=1S/C22H26N2O3/c1-2-24(19-9-4-3-5-10-19)21(25)16-27-22(26)15-14-18-13-12-17-8-6-7-11-20(17)23-18/h6-8,11-15,19H,2-5,9-10,16H2,1H3/b15-14+. The minimum atomic E-state index is -0.530. The van der Waals surface area contributed by atoms with E-state index < -0.39 is 5.97 Å². The van der Waals surface area contributed by atoms with E-state index in [0.717, 1.165) is 36.6 Å². The van der Waals surface area contributed by atoms with Crippen LogP contribution in [0.1, 0.15) is 44.7 Å². The van der Waals surface area contributed by atoms with E-state index in [2.05, 4.69) is 4.98 Å². The molecule has 5 nitrogen and oxygen atoms in total. The van der Waals surface area contributed by atoms with Crippen LogP contribution < -0.4 is 0 Å². The van der Waals surface area contributed by atoms with Crippen molar-refractivity contribution in [3.63, 3.8) is 0 Å². The summed E-state index contributed by atoms with van der Waals surface area (Å²) in [6, 6.07) is 11.9. The summed E-state index contributed by atoms with van der Waals surface area (Å²) in [5, 5.41) is 1.05. The Labute approximate surface area is 160 Å². The molecule has 1 saturated carbocycles. The SMILES string of the molecule is CCN(C(=O)COC(=O)/C=C/c1ccc2ccccc2n1)C1CCCCC1. The minimum absolute atomic E-state index is 0.116. The Hall–Kier alpha value is -2.69. The number of fused-ring (bicyclic) bond motifs is 1. The van der Waals surface area contributed by atoms with Gasteiger partial charge in [0.25, 0.3) is 5.91 Å². The van der Waals surface area contributed by atoms with E-state index in [0.29, 0.717) is 12.2 Å². The van der Waals surface area contributed by atoms with Crippen LogP contribution in [0, 0.1) is 0 Å². The molecule has 2 aromatic rings. The molecule has 3 rings (SSSR count). The van der Waals surface area contributed by atoms with E-state index >= 15 is 0 Å². The zero-order valence-corrected chi connectivity index (χ0v) is 15.8. The molecule has 1 amide bonds. The number of ether oxygens (including phenoxy) is 1. The molecule has 27 heavy (non-hydrogen) atoms. The zero-order chi connectivity index (χ0) is 19.1. The van der Waals surface area contributed by atoms with Crippen LogP contribution in [0.2, 0.25) is 0 Å². The third kappa shape index (κ3) is 5.16. The van der Waals surface area contributed by atoms with E-state index in [-0.39, 0.29) is 18.6 Å². The maximum atomic E-state index is 12.4. The van der Waals surface area contributed by atoms with Gasteiger partial charge in [-0.05, 0) is 38.0 Å². The highest BCUT2D eigenvalue weighted by Gasteiger charge is 2.24. The lowest BCUT2D eigenvalue weighted by atomic mass is 9.94. The van der Waals surface area contributed by atoms with Crippen LogP contribution in [-0.4, -0.2) is 41.0 Å². The molecule has 0 saturated heterocycles. The van der Waals surface area contributed by atoms with Crippen LogP contribution in [0.4, 0.5) is 0 Å². The number of esters is 1. The second-order valence-electron chi connectivity index (χ2n) is 6.84. The lowest BCUT2D eigenvalue weighted by Crippen LogP contribution is -2.43. The Morgan fingerprint density at radius 1 is 1.15 bits per heavy atom. The number of hydrogen-bond donors (Lipinski definition) is 0. The molecule has 0 radical (unpaired) electrons. The van der Waals surface area contributed by atoms with Crippen molar-refractivity contribution < 1.29 is 14.3 Å². The monoisotopic (exact) mass is 366 g/mol. The number of nitrogens with zero attached hydrogens (tertiary/aromatic N) is 2. The smallest absolute Gasteiger partial charge is 0.331 e. The molecule has 1 fully saturated rings. The lowest BCUT2D eigenvalue weighted by molar-refractivity contribution is -0.149. The number of para-hydroxylation sites is 1. The molecular weight excluding hydrogens is 340 g/mol. The van der Waals surface area contributed by atoms with Gasteiger partial charge in [-0.1, -0.05) is 43.5 Å². The van der Waals surface area contributed by atoms with Crippen molar-refractivity contribution in [3.8, 4) is 0 Å². The van der Waals surface area contributed by atoms with Crippen molar-refractivity contribution in [3.05, 3.63) is 48.2 Å². The predicted molar refractivity (Wildman–Crippen MR) is 106 cm³/mol. The highest BCUT2D eigenvalue weighted by molar-refractivity contribution is 5.89. The van der Waals surface area contributed by atoms with Crippen molar-refractivity contribution in [2.24, 2.45) is 0 Å². The number of pyridine rings is 1. The Kier molecular flexibility index (Phi) is 6.58. The number of aromatic nitrogens is 1. The second kappa shape index (κ2) is 9.31. The fourth-order valence-corrected chi connectivity index (χ4v) is 3.62. The third-order valence-electron chi connectivity index (χ3n) is 5.02. The molecule has 1 aliphatic rings. The first-order valence-electron chi connectivity index (χ1n) is 9.67. The molecule has 1 aromatic heterocycles. The zero-order valence-electron chi connectivity index (χ0n) is 15.8. The average Bonchev–Trinajstić information content (AvgIpc) is 2.72. The summed E-state index contributed by atoms with van der Waals surface area (Å²) in [5.74, 6) is -0.645. The molecule has 0 atom stereocenters. The Morgan fingerprint density at radius 3 is 2.70 bits per heavy atom. The van der Waals surface area contributed by atoms with Crippen molar-refractivity contribution in [1.29, 1.82) is 0 Å². The number of amides is 1. The first-order chi connectivity index (χ1) is 13.2. The molecule has 0 aliphatic heterocycles. The van der Waals surface area contributed by atoms with Crippen LogP contribution in [-0.2, 0) is 14.3 Å². The van der Waals surface area contributed by atoms with Gasteiger partial charge in [0.15, 0.2) is 6.61 Å².